The Morgan fingerprint density at radius 1 is 0.929 bits per heavy atom. The van der Waals surface area contributed by atoms with Gasteiger partial charge in [-0.1, -0.05) is 12.1 Å². The molecule has 0 spiro atoms. The van der Waals surface area contributed by atoms with Crippen LogP contribution in [0.15, 0.2) is 24.3 Å². The molecule has 1 rings (SSSR count). The minimum Gasteiger partial charge on any atom is -0.478 e. The number of aromatic carboxylic acids is 2. The molecule has 1 aromatic rings. The van der Waals surface area contributed by atoms with Crippen LogP contribution in [0.3, 0.4) is 0 Å². The van der Waals surface area contributed by atoms with Crippen molar-refractivity contribution in [1.82, 2.24) is 0 Å². The van der Waals surface area contributed by atoms with Crippen LogP contribution >= 0.6 is 0 Å². The van der Waals surface area contributed by atoms with Gasteiger partial charge < -0.3 is 10.2 Å². The van der Waals surface area contributed by atoms with Gasteiger partial charge in [-0.25, -0.2) is 9.59 Å². The van der Waals surface area contributed by atoms with E-state index >= 15 is 0 Å². The summed E-state index contributed by atoms with van der Waals surface area (Å²) in [6, 6.07) is 5.48. The summed E-state index contributed by atoms with van der Waals surface area (Å²) in [5.74, 6) is -2.46. The molecule has 80 valence electrons. The Kier molecular flexibility index (Phi) is 7.52. The molecule has 14 heavy (non-hydrogen) atoms. The van der Waals surface area contributed by atoms with Crippen LogP contribution in [0, 0.1) is 0 Å². The van der Waals surface area contributed by atoms with Gasteiger partial charge in [-0.2, -0.15) is 0 Å². The molecule has 0 amide bonds. The van der Waals surface area contributed by atoms with Gasteiger partial charge in [-0.3, -0.25) is 0 Å². The maximum atomic E-state index is 10.5. The summed E-state index contributed by atoms with van der Waals surface area (Å²) in [5.41, 5.74) is -0.380. The molecule has 0 unspecified atom stereocenters. The molecular formula is C8H6NiO4Ru. The Balaban J connectivity index is 0. The van der Waals surface area contributed by atoms with E-state index in [1.807, 2.05) is 0 Å². The van der Waals surface area contributed by atoms with Gasteiger partial charge in [0.15, 0.2) is 0 Å². The first kappa shape index (κ1) is 15.7. The van der Waals surface area contributed by atoms with Crippen molar-refractivity contribution in [3.63, 3.8) is 0 Å². The molecule has 0 aliphatic rings. The molecule has 1 aromatic carbocycles. The quantitative estimate of drug-likeness (QED) is 0.798. The Morgan fingerprint density at radius 2 is 1.21 bits per heavy atom. The van der Waals surface area contributed by atoms with E-state index in [1.54, 1.807) is 0 Å². The number of carboxylic acid groups (broad SMARTS) is 2. The topological polar surface area (TPSA) is 74.6 Å². The smallest absolute Gasteiger partial charge is 0.336 e. The largest absolute Gasteiger partial charge is 0.478 e. The third-order valence-corrected chi connectivity index (χ3v) is 1.39. The van der Waals surface area contributed by atoms with Crippen LogP contribution in [0.2, 0.25) is 0 Å². The first-order valence-electron chi connectivity index (χ1n) is 3.18. The summed E-state index contributed by atoms with van der Waals surface area (Å²) in [7, 11) is 0. The summed E-state index contributed by atoms with van der Waals surface area (Å²) in [4.78, 5) is 20.9. The minimum absolute atomic E-state index is 0. The second-order valence-corrected chi connectivity index (χ2v) is 2.16. The van der Waals surface area contributed by atoms with Gasteiger partial charge in [-0.05, 0) is 12.1 Å². The maximum Gasteiger partial charge on any atom is 0.336 e. The zero-order valence-electron chi connectivity index (χ0n) is 6.69. The fraction of sp³-hybridized carbons (Fsp3) is 0. The van der Waals surface area contributed by atoms with Gasteiger partial charge in [-0.15, -0.1) is 0 Å². The molecule has 0 fully saturated rings. The molecule has 0 aliphatic carbocycles. The number of carboxylic acids is 2. The number of hydrogen-bond acceptors (Lipinski definition) is 2. The third-order valence-electron chi connectivity index (χ3n) is 1.39. The second-order valence-electron chi connectivity index (χ2n) is 2.16. The molecule has 0 atom stereocenters. The average Bonchev–Trinajstić information content (AvgIpc) is 2.04. The molecule has 6 heteroatoms. The Bertz CT molecular complexity index is 307. The van der Waals surface area contributed by atoms with Gasteiger partial charge >= 0.3 is 11.9 Å². The first-order chi connectivity index (χ1) is 5.63. The SMILES string of the molecule is O=C(O)c1ccccc1C(=O)O.[Ni].[Ru]. The fourth-order valence-electron chi connectivity index (χ4n) is 0.856. The van der Waals surface area contributed by atoms with E-state index < -0.39 is 11.9 Å². The molecule has 0 aromatic heterocycles. The molecule has 0 saturated heterocycles. The predicted molar refractivity (Wildman–Crippen MR) is 40.4 cm³/mol. The second kappa shape index (κ2) is 6.69. The van der Waals surface area contributed by atoms with Gasteiger partial charge in [0, 0.05) is 36.0 Å². The number of carbonyl (C=O) groups is 2. The standard InChI is InChI=1S/C8H6O4.Ni.Ru/c9-7(10)5-3-1-2-4-6(5)8(11)12;;/h1-4H,(H,9,10)(H,11,12);;. The minimum atomic E-state index is -1.23. The van der Waals surface area contributed by atoms with Crippen LogP contribution in [-0.2, 0) is 36.0 Å². The number of rotatable bonds is 2. The van der Waals surface area contributed by atoms with E-state index in [0.29, 0.717) is 0 Å². The van der Waals surface area contributed by atoms with Gasteiger partial charge in [0.05, 0.1) is 11.1 Å². The third kappa shape index (κ3) is 3.57. The molecule has 0 radical (unpaired) electrons. The fourth-order valence-corrected chi connectivity index (χ4v) is 0.856. The normalized spacial score (nSPS) is 8.00. The Labute approximate surface area is 103 Å². The van der Waals surface area contributed by atoms with Crippen LogP contribution < -0.4 is 0 Å². The van der Waals surface area contributed by atoms with Crippen molar-refractivity contribution in [2.75, 3.05) is 0 Å². The molecule has 0 bridgehead atoms. The van der Waals surface area contributed by atoms with Crippen molar-refractivity contribution in [3.8, 4) is 0 Å². The van der Waals surface area contributed by atoms with E-state index in [2.05, 4.69) is 0 Å². The molecule has 2 N–H and O–H groups in total. The van der Waals surface area contributed by atoms with Crippen LogP contribution in [-0.4, -0.2) is 22.2 Å². The molecule has 0 saturated carbocycles. The van der Waals surface area contributed by atoms with Crippen molar-refractivity contribution in [3.05, 3.63) is 35.4 Å². The average molecular weight is 326 g/mol. The Hall–Kier alpha value is -0.723. The van der Waals surface area contributed by atoms with E-state index in [4.69, 9.17) is 10.2 Å². The van der Waals surface area contributed by atoms with Crippen molar-refractivity contribution in [1.29, 1.82) is 0 Å². The predicted octanol–water partition coefficient (Wildman–Crippen LogP) is 1.08. The zero-order chi connectivity index (χ0) is 9.14. The van der Waals surface area contributed by atoms with Crippen molar-refractivity contribution < 1.29 is 55.8 Å². The van der Waals surface area contributed by atoms with Crippen molar-refractivity contribution in [2.45, 2.75) is 0 Å². The number of benzene rings is 1. The van der Waals surface area contributed by atoms with Crippen molar-refractivity contribution >= 4 is 11.9 Å². The summed E-state index contributed by atoms with van der Waals surface area (Å²) in [6.45, 7) is 0. The number of hydrogen-bond donors (Lipinski definition) is 2. The van der Waals surface area contributed by atoms with E-state index in [-0.39, 0.29) is 47.1 Å². The van der Waals surface area contributed by atoms with E-state index in [0.717, 1.165) is 0 Å². The molecular weight excluding hydrogens is 320 g/mol. The molecule has 4 nitrogen and oxygen atoms in total. The van der Waals surface area contributed by atoms with Gasteiger partial charge in [0.2, 0.25) is 0 Å². The van der Waals surface area contributed by atoms with Gasteiger partial charge in [0.25, 0.3) is 0 Å². The molecule has 0 aliphatic heterocycles. The van der Waals surface area contributed by atoms with Crippen LogP contribution in [0.1, 0.15) is 20.7 Å². The maximum absolute atomic E-state index is 10.5. The summed E-state index contributed by atoms with van der Waals surface area (Å²) in [5, 5.41) is 17.1. The molecule has 0 heterocycles. The zero-order valence-corrected chi connectivity index (χ0v) is 9.42. The summed E-state index contributed by atoms with van der Waals surface area (Å²) >= 11 is 0. The first-order valence-corrected chi connectivity index (χ1v) is 3.18. The summed E-state index contributed by atoms with van der Waals surface area (Å²) < 4.78 is 0. The van der Waals surface area contributed by atoms with E-state index in [9.17, 15) is 9.59 Å². The van der Waals surface area contributed by atoms with Gasteiger partial charge in [0.1, 0.15) is 0 Å². The summed E-state index contributed by atoms with van der Waals surface area (Å²) in [6.07, 6.45) is 0. The van der Waals surface area contributed by atoms with E-state index in [1.165, 1.54) is 24.3 Å². The van der Waals surface area contributed by atoms with Crippen LogP contribution in [0.4, 0.5) is 0 Å². The van der Waals surface area contributed by atoms with Crippen molar-refractivity contribution in [2.24, 2.45) is 0 Å². The van der Waals surface area contributed by atoms with Crippen LogP contribution in [0.25, 0.3) is 0 Å². The Morgan fingerprint density at radius 3 is 1.43 bits per heavy atom. The monoisotopic (exact) mass is 326 g/mol. The van der Waals surface area contributed by atoms with Crippen LogP contribution in [0.5, 0.6) is 0 Å².